The van der Waals surface area contributed by atoms with Crippen molar-refractivity contribution in [2.24, 2.45) is 5.73 Å². The van der Waals surface area contributed by atoms with E-state index in [9.17, 15) is 0 Å². The molecule has 0 spiro atoms. The van der Waals surface area contributed by atoms with Gasteiger partial charge in [0.05, 0.1) is 0 Å². The Hall–Kier alpha value is -0.160. The van der Waals surface area contributed by atoms with Gasteiger partial charge in [-0.15, -0.1) is 0 Å². The van der Waals surface area contributed by atoms with Crippen molar-refractivity contribution in [1.82, 2.24) is 0 Å². The molecule has 4 heteroatoms. The van der Waals surface area contributed by atoms with E-state index >= 15 is 0 Å². The summed E-state index contributed by atoms with van der Waals surface area (Å²) in [5.74, 6) is 0. The predicted molar refractivity (Wildman–Crippen MR) is 96.0 cm³/mol. The minimum Gasteiger partial charge on any atom is -0.324 e. The van der Waals surface area contributed by atoms with Crippen LogP contribution < -0.4 is 5.73 Å². The summed E-state index contributed by atoms with van der Waals surface area (Å²) in [6, 6.07) is 12.5. The summed E-state index contributed by atoms with van der Waals surface area (Å²) >= 11 is 10.6. The molecule has 20 heavy (non-hydrogen) atoms. The fourth-order valence-corrected chi connectivity index (χ4v) is 3.51. The SMILES string of the molecule is CCc1cc(Br)ccc1[C@H](N)Cc1cc(Br)ccc1Br. The van der Waals surface area contributed by atoms with Crippen LogP contribution in [0.5, 0.6) is 0 Å². The predicted octanol–water partition coefficient (Wildman–Crippen LogP) is 5.78. The average molecular weight is 462 g/mol. The van der Waals surface area contributed by atoms with E-state index in [1.165, 1.54) is 16.7 Å². The largest absolute Gasteiger partial charge is 0.324 e. The van der Waals surface area contributed by atoms with Crippen LogP contribution in [0.4, 0.5) is 0 Å². The van der Waals surface area contributed by atoms with E-state index in [0.717, 1.165) is 26.3 Å². The van der Waals surface area contributed by atoms with Crippen LogP contribution in [0.2, 0.25) is 0 Å². The molecule has 2 N–H and O–H groups in total. The molecule has 106 valence electrons. The first kappa shape index (κ1) is 16.2. The normalized spacial score (nSPS) is 12.4. The Morgan fingerprint density at radius 1 is 0.950 bits per heavy atom. The zero-order valence-corrected chi connectivity index (χ0v) is 15.9. The van der Waals surface area contributed by atoms with Crippen molar-refractivity contribution < 1.29 is 0 Å². The van der Waals surface area contributed by atoms with Gasteiger partial charge in [0.15, 0.2) is 0 Å². The van der Waals surface area contributed by atoms with Gasteiger partial charge >= 0.3 is 0 Å². The Bertz CT molecular complexity index is 611. The number of halogens is 3. The van der Waals surface area contributed by atoms with Crippen molar-refractivity contribution in [2.75, 3.05) is 0 Å². The fraction of sp³-hybridized carbons (Fsp3) is 0.250. The van der Waals surface area contributed by atoms with E-state index in [-0.39, 0.29) is 6.04 Å². The van der Waals surface area contributed by atoms with E-state index in [1.807, 2.05) is 6.07 Å². The Balaban J connectivity index is 2.28. The first-order valence-electron chi connectivity index (χ1n) is 6.49. The van der Waals surface area contributed by atoms with Gasteiger partial charge in [-0.05, 0) is 59.9 Å². The van der Waals surface area contributed by atoms with Crippen LogP contribution in [0, 0.1) is 0 Å². The van der Waals surface area contributed by atoms with E-state index in [1.54, 1.807) is 0 Å². The van der Waals surface area contributed by atoms with E-state index in [0.29, 0.717) is 0 Å². The Labute approximate surface area is 145 Å². The molecule has 2 aromatic rings. The number of hydrogen-bond acceptors (Lipinski definition) is 1. The van der Waals surface area contributed by atoms with Crippen LogP contribution in [-0.2, 0) is 12.8 Å². The van der Waals surface area contributed by atoms with Crippen molar-refractivity contribution in [3.05, 3.63) is 66.5 Å². The molecule has 0 aromatic heterocycles. The van der Waals surface area contributed by atoms with Crippen LogP contribution in [0.1, 0.15) is 29.7 Å². The molecule has 1 nitrogen and oxygen atoms in total. The highest BCUT2D eigenvalue weighted by molar-refractivity contribution is 9.11. The third kappa shape index (κ3) is 3.94. The average Bonchev–Trinajstić information content (AvgIpc) is 2.42. The monoisotopic (exact) mass is 459 g/mol. The van der Waals surface area contributed by atoms with E-state index in [4.69, 9.17) is 5.73 Å². The van der Waals surface area contributed by atoms with Crippen LogP contribution in [-0.4, -0.2) is 0 Å². The molecule has 0 amide bonds. The fourth-order valence-electron chi connectivity index (χ4n) is 2.29. The second-order valence-electron chi connectivity index (χ2n) is 4.74. The molecule has 0 heterocycles. The van der Waals surface area contributed by atoms with Gasteiger partial charge in [-0.3, -0.25) is 0 Å². The lowest BCUT2D eigenvalue weighted by Gasteiger charge is -2.17. The molecule has 0 bridgehead atoms. The molecule has 0 aliphatic carbocycles. The highest BCUT2D eigenvalue weighted by Gasteiger charge is 2.13. The second-order valence-corrected chi connectivity index (χ2v) is 7.43. The smallest absolute Gasteiger partial charge is 0.0338 e. The van der Waals surface area contributed by atoms with Gasteiger partial charge in [-0.25, -0.2) is 0 Å². The van der Waals surface area contributed by atoms with Crippen molar-refractivity contribution in [3.8, 4) is 0 Å². The maximum atomic E-state index is 6.42. The zero-order valence-electron chi connectivity index (χ0n) is 11.2. The van der Waals surface area contributed by atoms with Gasteiger partial charge in [0, 0.05) is 19.5 Å². The maximum absolute atomic E-state index is 6.42. The summed E-state index contributed by atoms with van der Waals surface area (Å²) in [7, 11) is 0. The molecule has 1 atom stereocenters. The summed E-state index contributed by atoms with van der Waals surface area (Å²) in [5, 5.41) is 0. The van der Waals surface area contributed by atoms with Crippen molar-refractivity contribution >= 4 is 47.8 Å². The quantitative estimate of drug-likeness (QED) is 0.613. The van der Waals surface area contributed by atoms with Gasteiger partial charge in [-0.1, -0.05) is 60.8 Å². The topological polar surface area (TPSA) is 26.0 Å². The number of hydrogen-bond donors (Lipinski definition) is 1. The summed E-state index contributed by atoms with van der Waals surface area (Å²) in [5.41, 5.74) is 10.2. The van der Waals surface area contributed by atoms with Gasteiger partial charge in [0.1, 0.15) is 0 Å². The lowest BCUT2D eigenvalue weighted by Crippen LogP contribution is -2.15. The Morgan fingerprint density at radius 3 is 2.20 bits per heavy atom. The molecule has 0 aliphatic rings. The number of benzene rings is 2. The number of aryl methyl sites for hydroxylation is 1. The van der Waals surface area contributed by atoms with Gasteiger partial charge in [0.25, 0.3) is 0 Å². The molecule has 2 rings (SSSR count). The summed E-state index contributed by atoms with van der Waals surface area (Å²) < 4.78 is 3.29. The zero-order chi connectivity index (χ0) is 14.7. The van der Waals surface area contributed by atoms with Crippen LogP contribution in [0.3, 0.4) is 0 Å². The minimum absolute atomic E-state index is 0.00338. The third-order valence-corrected chi connectivity index (χ3v) is 5.09. The molecule has 0 saturated heterocycles. The maximum Gasteiger partial charge on any atom is 0.0338 e. The second kappa shape index (κ2) is 7.21. The standard InChI is InChI=1S/C16H16Br3N/c1-2-10-7-12(17)3-5-14(10)16(20)9-11-8-13(18)4-6-15(11)19/h3-8,16H,2,9,20H2,1H3/t16-/m1/s1. The van der Waals surface area contributed by atoms with E-state index < -0.39 is 0 Å². The molecular formula is C16H16Br3N. The Morgan fingerprint density at radius 2 is 1.55 bits per heavy atom. The third-order valence-electron chi connectivity index (χ3n) is 3.33. The van der Waals surface area contributed by atoms with E-state index in [2.05, 4.69) is 85.0 Å². The lowest BCUT2D eigenvalue weighted by molar-refractivity contribution is 0.709. The van der Waals surface area contributed by atoms with Gasteiger partial charge < -0.3 is 5.73 Å². The van der Waals surface area contributed by atoms with Crippen molar-refractivity contribution in [1.29, 1.82) is 0 Å². The first-order valence-corrected chi connectivity index (χ1v) is 8.87. The summed E-state index contributed by atoms with van der Waals surface area (Å²) in [6.45, 7) is 2.16. The highest BCUT2D eigenvalue weighted by atomic mass is 79.9. The van der Waals surface area contributed by atoms with Gasteiger partial charge in [-0.2, -0.15) is 0 Å². The first-order chi connectivity index (χ1) is 9.51. The van der Waals surface area contributed by atoms with Crippen molar-refractivity contribution in [3.63, 3.8) is 0 Å². The summed E-state index contributed by atoms with van der Waals surface area (Å²) in [4.78, 5) is 0. The molecule has 0 radical (unpaired) electrons. The van der Waals surface area contributed by atoms with Crippen molar-refractivity contribution in [2.45, 2.75) is 25.8 Å². The Kier molecular flexibility index (Phi) is 5.84. The highest BCUT2D eigenvalue weighted by Crippen LogP contribution is 2.28. The number of rotatable bonds is 4. The molecule has 2 aromatic carbocycles. The minimum atomic E-state index is 0.00338. The van der Waals surface area contributed by atoms with Crippen LogP contribution >= 0.6 is 47.8 Å². The van der Waals surface area contributed by atoms with Crippen LogP contribution in [0.15, 0.2) is 49.8 Å². The lowest BCUT2D eigenvalue weighted by atomic mass is 9.94. The molecule has 0 unspecified atom stereocenters. The van der Waals surface area contributed by atoms with Crippen LogP contribution in [0.25, 0.3) is 0 Å². The molecule has 0 fully saturated rings. The molecular weight excluding hydrogens is 446 g/mol. The molecule has 0 saturated carbocycles. The summed E-state index contributed by atoms with van der Waals surface area (Å²) in [6.07, 6.45) is 1.80. The number of nitrogens with two attached hydrogens (primary N) is 1. The van der Waals surface area contributed by atoms with Gasteiger partial charge in [0.2, 0.25) is 0 Å². The molecule has 0 aliphatic heterocycles.